The number of aliphatic hydroxyl groups is 1. The molecule has 0 saturated carbocycles. The molecule has 1 atom stereocenters. The molecule has 0 bridgehead atoms. The predicted molar refractivity (Wildman–Crippen MR) is 67.0 cm³/mol. The van der Waals surface area contributed by atoms with Crippen molar-refractivity contribution >= 4 is 17.0 Å². The lowest BCUT2D eigenvalue weighted by atomic mass is 10.0. The van der Waals surface area contributed by atoms with Crippen LogP contribution in [0, 0.1) is 0 Å². The molecule has 2 heterocycles. The van der Waals surface area contributed by atoms with Crippen LogP contribution in [0.3, 0.4) is 0 Å². The number of nitrogens with zero attached hydrogens (tertiary/aromatic N) is 1. The molecule has 1 aromatic heterocycles. The van der Waals surface area contributed by atoms with Gasteiger partial charge in [0.25, 0.3) is 0 Å². The first-order valence-electron chi connectivity index (χ1n) is 5.47. The Morgan fingerprint density at radius 2 is 1.89 bits per heavy atom. The van der Waals surface area contributed by atoms with Gasteiger partial charge in [0, 0.05) is 18.3 Å². The Kier molecular flexibility index (Phi) is 2.27. The van der Waals surface area contributed by atoms with Crippen LogP contribution in [-0.4, -0.2) is 12.2 Å². The van der Waals surface area contributed by atoms with Crippen LogP contribution in [0.25, 0.3) is 0 Å². The number of halogens is 2. The number of rotatable bonds is 1. The minimum absolute atomic E-state index is 0.136. The van der Waals surface area contributed by atoms with Crippen molar-refractivity contribution in [1.82, 2.24) is 0 Å². The molecule has 94 valence electrons. The lowest BCUT2D eigenvalue weighted by Gasteiger charge is -2.35. The molecule has 0 saturated heterocycles. The van der Waals surface area contributed by atoms with Crippen LogP contribution in [0.1, 0.15) is 10.4 Å². The topological polar surface area (TPSA) is 23.5 Å². The van der Waals surface area contributed by atoms with Gasteiger partial charge in [-0.05, 0) is 17.5 Å². The number of fused-ring (bicyclic) bond motifs is 1. The zero-order valence-electron chi connectivity index (χ0n) is 9.60. The lowest BCUT2D eigenvalue weighted by Crippen LogP contribution is -2.49. The van der Waals surface area contributed by atoms with Gasteiger partial charge < -0.3 is 10.0 Å². The fraction of sp³-hybridized carbons (Fsp3) is 0.231. The van der Waals surface area contributed by atoms with E-state index in [1.54, 1.807) is 29.6 Å². The third-order valence-corrected chi connectivity index (χ3v) is 4.36. The largest absolute Gasteiger partial charge is 0.361 e. The van der Waals surface area contributed by atoms with E-state index < -0.39 is 11.6 Å². The molecule has 2 nitrogen and oxygen atoms in total. The zero-order chi connectivity index (χ0) is 13.0. The van der Waals surface area contributed by atoms with Crippen LogP contribution < -0.4 is 4.90 Å². The average molecular weight is 267 g/mol. The first kappa shape index (κ1) is 11.6. The highest BCUT2D eigenvalue weighted by molar-refractivity contribution is 7.10. The number of anilines is 1. The fourth-order valence-electron chi connectivity index (χ4n) is 2.40. The summed E-state index contributed by atoms with van der Waals surface area (Å²) in [6.45, 7) is 0. The van der Waals surface area contributed by atoms with Gasteiger partial charge in [0.05, 0.1) is 4.88 Å². The Bertz CT molecular complexity index is 584. The van der Waals surface area contributed by atoms with Gasteiger partial charge >= 0.3 is 5.92 Å². The van der Waals surface area contributed by atoms with Crippen molar-refractivity contribution in [2.24, 2.45) is 0 Å². The second-order valence-electron chi connectivity index (χ2n) is 4.30. The van der Waals surface area contributed by atoms with E-state index in [1.165, 1.54) is 24.1 Å². The molecule has 0 amide bonds. The molecule has 1 aliphatic rings. The van der Waals surface area contributed by atoms with E-state index in [1.807, 2.05) is 0 Å². The summed E-state index contributed by atoms with van der Waals surface area (Å²) in [5.74, 6) is -3.33. The van der Waals surface area contributed by atoms with Gasteiger partial charge in [-0.1, -0.05) is 24.3 Å². The van der Waals surface area contributed by atoms with Crippen LogP contribution in [0.5, 0.6) is 0 Å². The van der Waals surface area contributed by atoms with Crippen LogP contribution in [0.15, 0.2) is 41.8 Å². The van der Waals surface area contributed by atoms with Crippen molar-refractivity contribution in [3.05, 3.63) is 52.2 Å². The highest BCUT2D eigenvalue weighted by atomic mass is 32.1. The molecular weight excluding hydrogens is 256 g/mol. The van der Waals surface area contributed by atoms with Crippen molar-refractivity contribution in [3.8, 4) is 0 Å². The number of benzene rings is 1. The van der Waals surface area contributed by atoms with Crippen molar-refractivity contribution in [2.45, 2.75) is 11.6 Å². The van der Waals surface area contributed by atoms with Crippen LogP contribution in [0.4, 0.5) is 14.5 Å². The quantitative estimate of drug-likeness (QED) is 0.858. The van der Waals surface area contributed by atoms with Gasteiger partial charge in [0.2, 0.25) is 5.72 Å². The molecule has 1 N–H and O–H groups in total. The van der Waals surface area contributed by atoms with Gasteiger partial charge in [-0.2, -0.15) is 8.78 Å². The molecule has 0 spiro atoms. The molecule has 18 heavy (non-hydrogen) atoms. The summed E-state index contributed by atoms with van der Waals surface area (Å²) >= 11 is 1.12. The van der Waals surface area contributed by atoms with Gasteiger partial charge in [-0.15, -0.1) is 11.3 Å². The standard InChI is InChI=1S/C13H11F2NOS/c1-16-10-6-3-2-5-9(10)12(14,15)13(16,17)11-7-4-8-18-11/h2-8,17H,1H3. The maximum Gasteiger partial charge on any atom is 0.327 e. The summed E-state index contributed by atoms with van der Waals surface area (Å²) in [6.07, 6.45) is 0. The number of likely N-dealkylation sites (N-methyl/N-ethyl adjacent to an activating group) is 1. The maximum absolute atomic E-state index is 14.5. The highest BCUT2D eigenvalue weighted by Gasteiger charge is 2.64. The molecular formula is C13H11F2NOS. The van der Waals surface area contributed by atoms with E-state index >= 15 is 0 Å². The number of hydrogen-bond acceptors (Lipinski definition) is 3. The third kappa shape index (κ3) is 1.18. The molecule has 0 aliphatic carbocycles. The number of alkyl halides is 2. The van der Waals surface area contributed by atoms with E-state index in [-0.39, 0.29) is 10.4 Å². The van der Waals surface area contributed by atoms with Crippen molar-refractivity contribution in [2.75, 3.05) is 11.9 Å². The number of para-hydroxylation sites is 1. The van der Waals surface area contributed by atoms with Gasteiger partial charge in [0.1, 0.15) is 0 Å². The van der Waals surface area contributed by atoms with Crippen LogP contribution >= 0.6 is 11.3 Å². The summed E-state index contributed by atoms with van der Waals surface area (Å²) in [5.41, 5.74) is -2.08. The van der Waals surface area contributed by atoms with Crippen molar-refractivity contribution in [1.29, 1.82) is 0 Å². The Morgan fingerprint density at radius 1 is 1.17 bits per heavy atom. The Morgan fingerprint density at radius 3 is 2.50 bits per heavy atom. The molecule has 1 aromatic carbocycles. The van der Waals surface area contributed by atoms with Gasteiger partial charge in [-0.3, -0.25) is 0 Å². The first-order valence-corrected chi connectivity index (χ1v) is 6.35. The van der Waals surface area contributed by atoms with Crippen molar-refractivity contribution in [3.63, 3.8) is 0 Å². The van der Waals surface area contributed by atoms with Crippen LogP contribution in [-0.2, 0) is 11.6 Å². The SMILES string of the molecule is CN1c2ccccc2C(F)(F)C1(O)c1cccs1. The van der Waals surface area contributed by atoms with E-state index in [0.29, 0.717) is 5.69 Å². The normalized spacial score (nSPS) is 25.2. The minimum Gasteiger partial charge on any atom is -0.361 e. The number of thiophene rings is 1. The molecule has 1 unspecified atom stereocenters. The second-order valence-corrected chi connectivity index (χ2v) is 5.25. The second kappa shape index (κ2) is 3.52. The first-order chi connectivity index (χ1) is 8.49. The van der Waals surface area contributed by atoms with E-state index in [9.17, 15) is 13.9 Å². The van der Waals surface area contributed by atoms with E-state index in [0.717, 1.165) is 11.3 Å². The summed E-state index contributed by atoms with van der Waals surface area (Å²) in [4.78, 5) is 1.49. The Hall–Kier alpha value is -1.46. The Labute approximate surface area is 107 Å². The molecule has 1 aliphatic heterocycles. The Balaban J connectivity index is 2.26. The van der Waals surface area contributed by atoms with Crippen LogP contribution in [0.2, 0.25) is 0 Å². The molecule has 0 radical (unpaired) electrons. The van der Waals surface area contributed by atoms with Gasteiger partial charge in [0.15, 0.2) is 0 Å². The monoisotopic (exact) mass is 267 g/mol. The van der Waals surface area contributed by atoms with Crippen molar-refractivity contribution < 1.29 is 13.9 Å². The van der Waals surface area contributed by atoms with Gasteiger partial charge in [-0.25, -0.2) is 0 Å². The highest BCUT2D eigenvalue weighted by Crippen LogP contribution is 2.57. The number of hydrogen-bond donors (Lipinski definition) is 1. The molecule has 0 fully saturated rings. The summed E-state index contributed by atoms with van der Waals surface area (Å²) in [6, 6.07) is 9.38. The maximum atomic E-state index is 14.5. The van der Waals surface area contributed by atoms with E-state index in [4.69, 9.17) is 0 Å². The van der Waals surface area contributed by atoms with E-state index in [2.05, 4.69) is 0 Å². The lowest BCUT2D eigenvalue weighted by molar-refractivity contribution is -0.180. The smallest absolute Gasteiger partial charge is 0.327 e. The minimum atomic E-state index is -3.33. The zero-order valence-corrected chi connectivity index (χ0v) is 10.4. The molecule has 5 heteroatoms. The summed E-state index contributed by atoms with van der Waals surface area (Å²) in [5, 5.41) is 12.2. The summed E-state index contributed by atoms with van der Waals surface area (Å²) < 4.78 is 29.0. The third-order valence-electron chi connectivity index (χ3n) is 3.39. The fourth-order valence-corrected chi connectivity index (χ4v) is 3.29. The average Bonchev–Trinajstić information content (AvgIpc) is 2.94. The molecule has 3 rings (SSSR count). The molecule has 2 aromatic rings. The predicted octanol–water partition coefficient (Wildman–Crippen LogP) is 3.14. The summed E-state index contributed by atoms with van der Waals surface area (Å²) in [7, 11) is 1.49.